The Bertz CT molecular complexity index is 1330. The second kappa shape index (κ2) is 13.5. The fraction of sp³-hybridized carbons (Fsp3) is 0.500. The number of anilines is 2. The molecule has 0 amide bonds. The Labute approximate surface area is 236 Å². The lowest BCUT2D eigenvalue weighted by Crippen LogP contribution is -2.36. The van der Waals surface area contributed by atoms with Crippen molar-refractivity contribution in [2.45, 2.75) is 77.9 Å². The number of carbonyl (C=O) groups excluding carboxylic acids is 1. The molecule has 3 aromatic heterocycles. The number of imidazole rings is 1. The molecule has 3 atom stereocenters. The topological polar surface area (TPSA) is 133 Å². The SMILES string of the molecule is CC[C@@H](COC(=O)C(N)CC(C)C)Nc1nc(NCC2=CCC(c3ccccn3)C=C2)c2ncn(C(C)C)c2n1. The van der Waals surface area contributed by atoms with E-state index in [0.29, 0.717) is 36.2 Å². The summed E-state index contributed by atoms with van der Waals surface area (Å²) in [6.07, 6.45) is 12.4. The molecule has 10 nitrogen and oxygen atoms in total. The van der Waals surface area contributed by atoms with Crippen molar-refractivity contribution in [1.29, 1.82) is 0 Å². The zero-order chi connectivity index (χ0) is 28.6. The molecule has 3 heterocycles. The molecule has 0 fully saturated rings. The van der Waals surface area contributed by atoms with Gasteiger partial charge in [0.25, 0.3) is 0 Å². The van der Waals surface area contributed by atoms with Gasteiger partial charge in [-0.25, -0.2) is 4.98 Å². The highest BCUT2D eigenvalue weighted by molar-refractivity contribution is 5.84. The number of esters is 1. The summed E-state index contributed by atoms with van der Waals surface area (Å²) in [5, 5.41) is 6.83. The van der Waals surface area contributed by atoms with Gasteiger partial charge in [0.05, 0.1) is 12.4 Å². The van der Waals surface area contributed by atoms with E-state index in [9.17, 15) is 4.79 Å². The number of nitrogens with two attached hydrogens (primary N) is 1. The highest BCUT2D eigenvalue weighted by Crippen LogP contribution is 2.27. The fourth-order valence-corrected chi connectivity index (χ4v) is 4.62. The van der Waals surface area contributed by atoms with E-state index >= 15 is 0 Å². The van der Waals surface area contributed by atoms with Crippen LogP contribution in [-0.2, 0) is 9.53 Å². The van der Waals surface area contributed by atoms with Crippen molar-refractivity contribution in [2.75, 3.05) is 23.8 Å². The average Bonchev–Trinajstić information content (AvgIpc) is 3.38. The minimum atomic E-state index is -0.622. The molecule has 214 valence electrons. The number of ether oxygens (including phenoxy) is 1. The van der Waals surface area contributed by atoms with E-state index in [1.54, 1.807) is 6.33 Å². The lowest BCUT2D eigenvalue weighted by atomic mass is 9.93. The number of hydrogen-bond donors (Lipinski definition) is 3. The van der Waals surface area contributed by atoms with Crippen LogP contribution in [0.3, 0.4) is 0 Å². The van der Waals surface area contributed by atoms with Crippen LogP contribution < -0.4 is 16.4 Å². The maximum Gasteiger partial charge on any atom is 0.322 e. The summed E-state index contributed by atoms with van der Waals surface area (Å²) >= 11 is 0. The molecule has 0 aliphatic heterocycles. The van der Waals surface area contributed by atoms with Crippen molar-refractivity contribution in [3.63, 3.8) is 0 Å². The molecule has 0 saturated carbocycles. The second-order valence-corrected chi connectivity index (χ2v) is 11.0. The van der Waals surface area contributed by atoms with Gasteiger partial charge in [0, 0.05) is 30.4 Å². The molecule has 0 bridgehead atoms. The van der Waals surface area contributed by atoms with Gasteiger partial charge in [0.15, 0.2) is 17.0 Å². The molecule has 4 rings (SSSR count). The minimum absolute atomic E-state index is 0.163. The van der Waals surface area contributed by atoms with E-state index in [-0.39, 0.29) is 30.6 Å². The number of nitrogens with one attached hydrogen (secondary N) is 2. The third-order valence-corrected chi connectivity index (χ3v) is 6.96. The van der Waals surface area contributed by atoms with Crippen LogP contribution in [0.5, 0.6) is 0 Å². The first kappa shape index (κ1) is 29.2. The Hall–Kier alpha value is -3.79. The van der Waals surface area contributed by atoms with Gasteiger partial charge in [-0.05, 0) is 56.7 Å². The Morgan fingerprint density at radius 3 is 2.67 bits per heavy atom. The van der Waals surface area contributed by atoms with Gasteiger partial charge in [-0.3, -0.25) is 9.78 Å². The molecule has 0 saturated heterocycles. The monoisotopic (exact) mass is 546 g/mol. The van der Waals surface area contributed by atoms with Crippen molar-refractivity contribution < 1.29 is 9.53 Å². The second-order valence-electron chi connectivity index (χ2n) is 11.0. The Kier molecular flexibility index (Phi) is 9.87. The highest BCUT2D eigenvalue weighted by atomic mass is 16.5. The maximum absolute atomic E-state index is 12.4. The van der Waals surface area contributed by atoms with Crippen LogP contribution in [-0.4, -0.2) is 55.7 Å². The van der Waals surface area contributed by atoms with Gasteiger partial charge in [-0.2, -0.15) is 9.97 Å². The van der Waals surface area contributed by atoms with Crippen molar-refractivity contribution in [3.8, 4) is 0 Å². The van der Waals surface area contributed by atoms with Gasteiger partial charge in [-0.1, -0.05) is 45.1 Å². The predicted octanol–water partition coefficient (Wildman–Crippen LogP) is 4.99. The van der Waals surface area contributed by atoms with Gasteiger partial charge in [0.1, 0.15) is 12.6 Å². The zero-order valence-corrected chi connectivity index (χ0v) is 24.2. The molecular weight excluding hydrogens is 504 g/mol. The van der Waals surface area contributed by atoms with Gasteiger partial charge in [0.2, 0.25) is 5.95 Å². The van der Waals surface area contributed by atoms with E-state index in [1.807, 2.05) is 43.7 Å². The van der Waals surface area contributed by atoms with Crippen molar-refractivity contribution in [2.24, 2.45) is 11.7 Å². The number of nitrogens with zero attached hydrogens (tertiary/aromatic N) is 5. The lowest BCUT2D eigenvalue weighted by Gasteiger charge is -2.20. The van der Waals surface area contributed by atoms with Crippen LogP contribution in [0.2, 0.25) is 0 Å². The quantitative estimate of drug-likeness (QED) is 0.254. The van der Waals surface area contributed by atoms with E-state index < -0.39 is 6.04 Å². The van der Waals surface area contributed by atoms with Crippen LogP contribution in [0.25, 0.3) is 11.2 Å². The van der Waals surface area contributed by atoms with Crippen LogP contribution in [0.1, 0.15) is 71.5 Å². The third-order valence-electron chi connectivity index (χ3n) is 6.96. The molecule has 2 unspecified atom stereocenters. The predicted molar refractivity (Wildman–Crippen MR) is 159 cm³/mol. The molecule has 3 aromatic rings. The normalized spacial score (nSPS) is 16.7. The number of carbonyl (C=O) groups is 1. The van der Waals surface area contributed by atoms with Crippen LogP contribution in [0, 0.1) is 5.92 Å². The smallest absolute Gasteiger partial charge is 0.322 e. The number of allylic oxidation sites excluding steroid dienone is 2. The molecule has 1 aliphatic rings. The molecular formula is C30H42N8O2. The number of pyridine rings is 1. The molecule has 0 aromatic carbocycles. The highest BCUT2D eigenvalue weighted by Gasteiger charge is 2.21. The van der Waals surface area contributed by atoms with Gasteiger partial charge in [-0.15, -0.1) is 0 Å². The first-order chi connectivity index (χ1) is 19.2. The largest absolute Gasteiger partial charge is 0.462 e. The molecule has 4 N–H and O–H groups in total. The third kappa shape index (κ3) is 7.44. The van der Waals surface area contributed by atoms with Gasteiger partial charge < -0.3 is 25.7 Å². The first-order valence-electron chi connectivity index (χ1n) is 14.2. The Morgan fingerprint density at radius 1 is 1.20 bits per heavy atom. The number of aromatic nitrogens is 5. The molecule has 0 spiro atoms. The first-order valence-corrected chi connectivity index (χ1v) is 14.2. The molecule has 1 aliphatic carbocycles. The van der Waals surface area contributed by atoms with Crippen molar-refractivity contribution in [3.05, 3.63) is 60.2 Å². The van der Waals surface area contributed by atoms with Gasteiger partial charge >= 0.3 is 5.97 Å². The minimum Gasteiger partial charge on any atom is -0.462 e. The summed E-state index contributed by atoms with van der Waals surface area (Å²) in [5.41, 5.74) is 9.70. The van der Waals surface area contributed by atoms with Crippen LogP contribution in [0.15, 0.2) is 54.5 Å². The molecule has 0 radical (unpaired) electrons. The van der Waals surface area contributed by atoms with E-state index in [0.717, 1.165) is 24.2 Å². The standard InChI is InChI=1S/C30H42N8O2/c1-6-23(17-40-29(39)24(31)15-19(2)3)35-30-36-27(26-28(37-30)38(18-34-26)20(4)5)33-16-21-10-12-22(13-11-21)25-9-7-8-14-32-25/h7-12,14,18-20,22-24H,6,13,15-17,31H2,1-5H3,(H2,33,35,36,37)/t22?,23-,24?/m0/s1. The molecule has 40 heavy (non-hydrogen) atoms. The van der Waals surface area contributed by atoms with E-state index in [1.165, 1.54) is 5.57 Å². The zero-order valence-electron chi connectivity index (χ0n) is 24.2. The lowest BCUT2D eigenvalue weighted by molar-refractivity contribution is -0.146. The summed E-state index contributed by atoms with van der Waals surface area (Å²) < 4.78 is 7.55. The van der Waals surface area contributed by atoms with E-state index in [2.05, 4.69) is 58.7 Å². The number of hydrogen-bond acceptors (Lipinski definition) is 9. The summed E-state index contributed by atoms with van der Waals surface area (Å²) in [4.78, 5) is 31.0. The van der Waals surface area contributed by atoms with E-state index in [4.69, 9.17) is 20.4 Å². The number of rotatable bonds is 13. The van der Waals surface area contributed by atoms with Crippen molar-refractivity contribution >= 4 is 28.9 Å². The van der Waals surface area contributed by atoms with Crippen LogP contribution >= 0.6 is 0 Å². The van der Waals surface area contributed by atoms with Crippen molar-refractivity contribution in [1.82, 2.24) is 24.5 Å². The Morgan fingerprint density at radius 2 is 2.02 bits per heavy atom. The van der Waals surface area contributed by atoms with Crippen LogP contribution in [0.4, 0.5) is 11.8 Å². The summed E-state index contributed by atoms with van der Waals surface area (Å²) in [5.74, 6) is 1.33. The summed E-state index contributed by atoms with van der Waals surface area (Å²) in [6.45, 7) is 11.1. The summed E-state index contributed by atoms with van der Waals surface area (Å²) in [6, 6.07) is 5.42. The Balaban J connectivity index is 1.46. The summed E-state index contributed by atoms with van der Waals surface area (Å²) in [7, 11) is 0. The molecule has 10 heteroatoms. The average molecular weight is 547 g/mol. The maximum atomic E-state index is 12.4. The fourth-order valence-electron chi connectivity index (χ4n) is 4.62. The number of fused-ring (bicyclic) bond motifs is 1.